The highest BCUT2D eigenvalue weighted by Crippen LogP contribution is 2.11. The fourth-order valence-electron chi connectivity index (χ4n) is 1.94. The summed E-state index contributed by atoms with van der Waals surface area (Å²) in [4.78, 5) is 23.1. The van der Waals surface area contributed by atoms with Gasteiger partial charge in [0.15, 0.2) is 0 Å². The van der Waals surface area contributed by atoms with Crippen LogP contribution in [0.4, 0.5) is 0 Å². The van der Waals surface area contributed by atoms with E-state index in [1.165, 1.54) is 0 Å². The smallest absolute Gasteiger partial charge is 0.326 e. The Morgan fingerprint density at radius 1 is 1.19 bits per heavy atom. The minimum atomic E-state index is -1.17. The Kier molecular flexibility index (Phi) is 4.73. The lowest BCUT2D eigenvalue weighted by molar-refractivity contribution is -0.139. The average molecular weight is 288 g/mol. The molecule has 21 heavy (non-hydrogen) atoms. The van der Waals surface area contributed by atoms with Crippen molar-refractivity contribution >= 4 is 11.9 Å². The predicted molar refractivity (Wildman–Crippen MR) is 76.4 cm³/mol. The lowest BCUT2D eigenvalue weighted by Crippen LogP contribution is -2.41. The molecular formula is C15H16N2O4. The van der Waals surface area contributed by atoms with Crippen molar-refractivity contribution < 1.29 is 19.8 Å². The fraction of sp³-hybridized carbons (Fsp3) is 0.200. The number of aliphatic hydroxyl groups is 1. The van der Waals surface area contributed by atoms with Crippen LogP contribution in [0.2, 0.25) is 0 Å². The number of benzene rings is 1. The lowest BCUT2D eigenvalue weighted by atomic mass is 10.1. The van der Waals surface area contributed by atoms with Gasteiger partial charge in [-0.25, -0.2) is 4.79 Å². The van der Waals surface area contributed by atoms with Crippen LogP contribution in [0.5, 0.6) is 0 Å². The van der Waals surface area contributed by atoms with E-state index in [9.17, 15) is 9.59 Å². The third kappa shape index (κ3) is 3.70. The minimum Gasteiger partial charge on any atom is -0.480 e. The standard InChI is InChI=1S/C15H16N2O4/c18-9-6-13(15(20)21)16-14(19)11-4-3-5-12(10-11)17-7-1-2-8-17/h1-5,7-8,10,13,18H,6,9H2,(H,16,19)(H,20,21). The van der Waals surface area contributed by atoms with Crippen LogP contribution in [0, 0.1) is 0 Å². The Labute approximate surface area is 121 Å². The van der Waals surface area contributed by atoms with E-state index < -0.39 is 17.9 Å². The van der Waals surface area contributed by atoms with Gasteiger partial charge >= 0.3 is 5.97 Å². The number of nitrogens with zero attached hydrogens (tertiary/aromatic N) is 1. The number of hydrogen-bond donors (Lipinski definition) is 3. The molecule has 110 valence electrons. The van der Waals surface area contributed by atoms with Crippen molar-refractivity contribution in [3.05, 3.63) is 54.4 Å². The summed E-state index contributed by atoms with van der Waals surface area (Å²) >= 11 is 0. The molecule has 3 N–H and O–H groups in total. The molecule has 0 aliphatic rings. The Balaban J connectivity index is 2.16. The molecule has 1 heterocycles. The maximum absolute atomic E-state index is 12.1. The molecule has 0 bridgehead atoms. The molecule has 1 aromatic carbocycles. The summed E-state index contributed by atoms with van der Waals surface area (Å²) in [5.74, 6) is -1.65. The Bertz CT molecular complexity index is 622. The van der Waals surface area contributed by atoms with Gasteiger partial charge in [-0.3, -0.25) is 4.79 Å². The highest BCUT2D eigenvalue weighted by atomic mass is 16.4. The number of nitrogens with one attached hydrogen (secondary N) is 1. The Hall–Kier alpha value is -2.60. The van der Waals surface area contributed by atoms with E-state index in [1.54, 1.807) is 18.2 Å². The summed E-state index contributed by atoms with van der Waals surface area (Å²) in [5, 5.41) is 20.2. The summed E-state index contributed by atoms with van der Waals surface area (Å²) in [6, 6.07) is 9.50. The van der Waals surface area contributed by atoms with Crippen LogP contribution < -0.4 is 5.32 Å². The van der Waals surface area contributed by atoms with E-state index in [1.807, 2.05) is 35.2 Å². The van der Waals surface area contributed by atoms with Crippen molar-refractivity contribution in [2.24, 2.45) is 0 Å². The molecule has 0 spiro atoms. The molecule has 0 aliphatic heterocycles. The van der Waals surface area contributed by atoms with E-state index in [-0.39, 0.29) is 13.0 Å². The van der Waals surface area contributed by atoms with Gasteiger partial charge in [0.2, 0.25) is 0 Å². The molecule has 6 heteroatoms. The van der Waals surface area contributed by atoms with Crippen LogP contribution >= 0.6 is 0 Å². The van der Waals surface area contributed by atoms with Crippen LogP contribution in [0.1, 0.15) is 16.8 Å². The number of rotatable bonds is 6. The number of carboxylic acids is 1. The second-order valence-electron chi connectivity index (χ2n) is 4.52. The summed E-state index contributed by atoms with van der Waals surface area (Å²) < 4.78 is 1.85. The molecule has 0 saturated heterocycles. The SMILES string of the molecule is O=C(NC(CCO)C(=O)O)c1cccc(-n2cccc2)c1. The van der Waals surface area contributed by atoms with Crippen molar-refractivity contribution in [1.82, 2.24) is 9.88 Å². The molecule has 0 aliphatic carbocycles. The summed E-state index contributed by atoms with van der Waals surface area (Å²) in [7, 11) is 0. The third-order valence-corrected chi connectivity index (χ3v) is 3.03. The maximum Gasteiger partial charge on any atom is 0.326 e. The summed E-state index contributed by atoms with van der Waals surface area (Å²) in [5.41, 5.74) is 1.17. The lowest BCUT2D eigenvalue weighted by Gasteiger charge is -2.13. The van der Waals surface area contributed by atoms with Crippen molar-refractivity contribution in [2.45, 2.75) is 12.5 Å². The highest BCUT2D eigenvalue weighted by molar-refractivity contribution is 5.97. The molecule has 1 atom stereocenters. The number of carbonyl (C=O) groups excluding carboxylic acids is 1. The first-order valence-corrected chi connectivity index (χ1v) is 6.50. The largest absolute Gasteiger partial charge is 0.480 e. The van der Waals surface area contributed by atoms with Crippen LogP contribution in [0.25, 0.3) is 5.69 Å². The second kappa shape index (κ2) is 6.71. The first-order valence-electron chi connectivity index (χ1n) is 6.50. The highest BCUT2D eigenvalue weighted by Gasteiger charge is 2.20. The zero-order valence-electron chi connectivity index (χ0n) is 11.3. The number of amides is 1. The van der Waals surface area contributed by atoms with Crippen molar-refractivity contribution in [2.75, 3.05) is 6.61 Å². The molecule has 1 unspecified atom stereocenters. The maximum atomic E-state index is 12.1. The Morgan fingerprint density at radius 2 is 1.90 bits per heavy atom. The van der Waals surface area contributed by atoms with Gasteiger partial charge < -0.3 is 20.1 Å². The number of hydrogen-bond acceptors (Lipinski definition) is 3. The quantitative estimate of drug-likeness (QED) is 0.740. The van der Waals surface area contributed by atoms with Crippen LogP contribution in [-0.2, 0) is 4.79 Å². The van der Waals surface area contributed by atoms with E-state index in [4.69, 9.17) is 10.2 Å². The van der Waals surface area contributed by atoms with Gasteiger partial charge in [-0.1, -0.05) is 6.07 Å². The van der Waals surface area contributed by atoms with Crippen molar-refractivity contribution in [3.63, 3.8) is 0 Å². The zero-order valence-corrected chi connectivity index (χ0v) is 11.3. The van der Waals surface area contributed by atoms with E-state index in [0.29, 0.717) is 5.56 Å². The van der Waals surface area contributed by atoms with Gasteiger partial charge in [-0.05, 0) is 30.3 Å². The average Bonchev–Trinajstić information content (AvgIpc) is 3.01. The van der Waals surface area contributed by atoms with E-state index >= 15 is 0 Å². The van der Waals surface area contributed by atoms with Crippen LogP contribution in [0.3, 0.4) is 0 Å². The third-order valence-electron chi connectivity index (χ3n) is 3.03. The Morgan fingerprint density at radius 3 is 2.52 bits per heavy atom. The fourth-order valence-corrected chi connectivity index (χ4v) is 1.94. The number of carboxylic acid groups (broad SMARTS) is 1. The first-order chi connectivity index (χ1) is 10.1. The topological polar surface area (TPSA) is 91.6 Å². The minimum absolute atomic E-state index is 0.0294. The van der Waals surface area contributed by atoms with Gasteiger partial charge in [-0.15, -0.1) is 0 Å². The number of aliphatic hydroxyl groups excluding tert-OH is 1. The molecular weight excluding hydrogens is 272 g/mol. The van der Waals surface area contributed by atoms with E-state index in [0.717, 1.165) is 5.69 Å². The number of carbonyl (C=O) groups is 2. The molecule has 0 fully saturated rings. The van der Waals surface area contributed by atoms with Gasteiger partial charge in [0.25, 0.3) is 5.91 Å². The molecule has 1 amide bonds. The van der Waals surface area contributed by atoms with Gasteiger partial charge in [0.05, 0.1) is 0 Å². The number of aromatic nitrogens is 1. The van der Waals surface area contributed by atoms with Crippen LogP contribution in [0.15, 0.2) is 48.8 Å². The van der Waals surface area contributed by atoms with Crippen molar-refractivity contribution in [1.29, 1.82) is 0 Å². The van der Waals surface area contributed by atoms with Crippen molar-refractivity contribution in [3.8, 4) is 5.69 Å². The predicted octanol–water partition coefficient (Wildman–Crippen LogP) is 1.04. The van der Waals surface area contributed by atoms with Gasteiger partial charge in [0.1, 0.15) is 6.04 Å². The van der Waals surface area contributed by atoms with Gasteiger partial charge in [-0.2, -0.15) is 0 Å². The summed E-state index contributed by atoms with van der Waals surface area (Å²) in [6.45, 7) is -0.305. The molecule has 2 rings (SSSR count). The first kappa shape index (κ1) is 14.8. The zero-order chi connectivity index (χ0) is 15.2. The molecule has 2 aromatic rings. The molecule has 6 nitrogen and oxygen atoms in total. The second-order valence-corrected chi connectivity index (χ2v) is 4.52. The number of aliphatic carboxylic acids is 1. The van der Waals surface area contributed by atoms with Crippen LogP contribution in [-0.4, -0.2) is 39.3 Å². The van der Waals surface area contributed by atoms with Gasteiger partial charge in [0, 0.05) is 36.7 Å². The normalized spacial score (nSPS) is 11.9. The molecule has 0 radical (unpaired) electrons. The monoisotopic (exact) mass is 288 g/mol. The molecule has 1 aromatic heterocycles. The van der Waals surface area contributed by atoms with E-state index in [2.05, 4.69) is 5.32 Å². The summed E-state index contributed by atoms with van der Waals surface area (Å²) in [6.07, 6.45) is 3.67. The molecule has 0 saturated carbocycles.